The van der Waals surface area contributed by atoms with Crippen LogP contribution in [0, 0.1) is 6.92 Å². The molecule has 5 aromatic rings. The molecule has 0 amide bonds. The summed E-state index contributed by atoms with van der Waals surface area (Å²) in [6, 6.07) is 22.0. The molecule has 3 aromatic heterocycles. The Balaban J connectivity index is 1.45. The van der Waals surface area contributed by atoms with E-state index in [0.29, 0.717) is 12.3 Å². The van der Waals surface area contributed by atoms with E-state index in [9.17, 15) is 0 Å². The molecule has 0 N–H and O–H groups in total. The van der Waals surface area contributed by atoms with Gasteiger partial charge in [-0.1, -0.05) is 60.3 Å². The predicted molar refractivity (Wildman–Crippen MR) is 117 cm³/mol. The van der Waals surface area contributed by atoms with Crippen molar-refractivity contribution in [1.82, 2.24) is 35.0 Å². The molecule has 154 valence electrons. The molecule has 3 heterocycles. The van der Waals surface area contributed by atoms with Crippen LogP contribution in [0.1, 0.15) is 17.1 Å². The van der Waals surface area contributed by atoms with Gasteiger partial charge in [-0.05, 0) is 41.1 Å². The summed E-state index contributed by atoms with van der Waals surface area (Å²) in [6.07, 6.45) is 1.67. The molecule has 2 aromatic carbocycles. The summed E-state index contributed by atoms with van der Waals surface area (Å²) < 4.78 is 9.35. The second kappa shape index (κ2) is 8.57. The first-order valence-electron chi connectivity index (χ1n) is 9.76. The largest absolute Gasteiger partial charge is 0.469 e. The molecule has 8 nitrogen and oxygen atoms in total. The van der Waals surface area contributed by atoms with Crippen molar-refractivity contribution in [3.05, 3.63) is 90.1 Å². The van der Waals surface area contributed by atoms with Gasteiger partial charge in [0, 0.05) is 0 Å². The maximum absolute atomic E-state index is 5.50. The van der Waals surface area contributed by atoms with E-state index in [-0.39, 0.29) is 0 Å². The van der Waals surface area contributed by atoms with Crippen LogP contribution in [0.25, 0.3) is 17.1 Å². The number of para-hydroxylation sites is 1. The molecule has 0 aliphatic carbocycles. The number of nitrogens with zero attached hydrogens (tertiary/aromatic N) is 7. The van der Waals surface area contributed by atoms with Gasteiger partial charge in [0.05, 0.1) is 29.8 Å². The Kier molecular flexibility index (Phi) is 5.32. The zero-order valence-electron chi connectivity index (χ0n) is 16.8. The Morgan fingerprint density at radius 1 is 0.903 bits per heavy atom. The highest BCUT2D eigenvalue weighted by atomic mass is 32.2. The normalized spacial score (nSPS) is 11.1. The molecule has 0 saturated carbocycles. The van der Waals surface area contributed by atoms with E-state index >= 15 is 0 Å². The second-order valence-electron chi connectivity index (χ2n) is 6.90. The Morgan fingerprint density at radius 2 is 1.68 bits per heavy atom. The van der Waals surface area contributed by atoms with Crippen molar-refractivity contribution in [3.63, 3.8) is 0 Å². The van der Waals surface area contributed by atoms with Gasteiger partial charge in [-0.3, -0.25) is 4.57 Å². The van der Waals surface area contributed by atoms with Crippen molar-refractivity contribution in [1.29, 1.82) is 0 Å². The number of hydrogen-bond donors (Lipinski definition) is 0. The van der Waals surface area contributed by atoms with Crippen molar-refractivity contribution in [3.8, 4) is 17.1 Å². The van der Waals surface area contributed by atoms with Gasteiger partial charge in [0.2, 0.25) is 0 Å². The maximum Gasteiger partial charge on any atom is 0.192 e. The number of aromatic nitrogens is 7. The van der Waals surface area contributed by atoms with Crippen LogP contribution in [0.4, 0.5) is 0 Å². The minimum Gasteiger partial charge on any atom is -0.469 e. The SMILES string of the molecule is Cc1occc1-c1nnc(SCc2nnnn2-c2ccccc2)n1Cc1ccccc1. The standard InChI is InChI=1S/C22H19N7OS/c1-16-19(12-13-30-16)21-24-25-22(28(21)14-17-8-4-2-5-9-17)31-15-20-23-26-27-29(20)18-10-6-3-7-11-18/h2-13H,14-15H2,1H3. The lowest BCUT2D eigenvalue weighted by Crippen LogP contribution is -2.05. The molecular weight excluding hydrogens is 410 g/mol. The van der Waals surface area contributed by atoms with E-state index < -0.39 is 0 Å². The molecule has 0 bridgehead atoms. The van der Waals surface area contributed by atoms with Crippen molar-refractivity contribution in [2.75, 3.05) is 0 Å². The molecule has 0 fully saturated rings. The van der Waals surface area contributed by atoms with Crippen LogP contribution in [0.5, 0.6) is 0 Å². The van der Waals surface area contributed by atoms with Crippen LogP contribution < -0.4 is 0 Å². The van der Waals surface area contributed by atoms with Gasteiger partial charge in [-0.2, -0.15) is 4.68 Å². The summed E-state index contributed by atoms with van der Waals surface area (Å²) in [7, 11) is 0. The van der Waals surface area contributed by atoms with Gasteiger partial charge in [0.1, 0.15) is 5.76 Å². The summed E-state index contributed by atoms with van der Waals surface area (Å²) >= 11 is 1.55. The first-order chi connectivity index (χ1) is 15.3. The van der Waals surface area contributed by atoms with E-state index in [1.807, 2.05) is 61.5 Å². The number of furan rings is 1. The summed E-state index contributed by atoms with van der Waals surface area (Å²) in [5, 5.41) is 21.9. The monoisotopic (exact) mass is 429 g/mol. The van der Waals surface area contributed by atoms with Crippen LogP contribution in [-0.2, 0) is 12.3 Å². The van der Waals surface area contributed by atoms with E-state index in [4.69, 9.17) is 4.42 Å². The smallest absolute Gasteiger partial charge is 0.192 e. The predicted octanol–water partition coefficient (Wildman–Crippen LogP) is 4.16. The zero-order valence-corrected chi connectivity index (χ0v) is 17.6. The molecule has 0 radical (unpaired) electrons. The minimum absolute atomic E-state index is 0.555. The summed E-state index contributed by atoms with van der Waals surface area (Å²) in [6.45, 7) is 2.58. The lowest BCUT2D eigenvalue weighted by molar-refractivity contribution is 0.534. The third-order valence-corrected chi connectivity index (χ3v) is 5.83. The van der Waals surface area contributed by atoms with Crippen LogP contribution in [0.2, 0.25) is 0 Å². The zero-order chi connectivity index (χ0) is 21.0. The Morgan fingerprint density at radius 3 is 2.42 bits per heavy atom. The highest BCUT2D eigenvalue weighted by Crippen LogP contribution is 2.29. The van der Waals surface area contributed by atoms with Gasteiger partial charge in [-0.25, -0.2) is 0 Å². The minimum atomic E-state index is 0.555. The molecule has 0 spiro atoms. The van der Waals surface area contributed by atoms with Gasteiger partial charge in [-0.15, -0.1) is 15.3 Å². The van der Waals surface area contributed by atoms with Crippen molar-refractivity contribution < 1.29 is 4.42 Å². The fraction of sp³-hybridized carbons (Fsp3) is 0.136. The lowest BCUT2D eigenvalue weighted by atomic mass is 10.2. The number of tetrazole rings is 1. The van der Waals surface area contributed by atoms with E-state index in [0.717, 1.165) is 33.8 Å². The fourth-order valence-corrected chi connectivity index (χ4v) is 4.16. The average Bonchev–Trinajstić information content (AvgIpc) is 3.54. The number of thioether (sulfide) groups is 1. The molecule has 0 atom stereocenters. The second-order valence-corrected chi connectivity index (χ2v) is 7.84. The lowest BCUT2D eigenvalue weighted by Gasteiger charge is -2.10. The molecule has 0 saturated heterocycles. The Labute approximate surface area is 182 Å². The van der Waals surface area contributed by atoms with Crippen LogP contribution in [0.15, 0.2) is 82.6 Å². The van der Waals surface area contributed by atoms with Crippen molar-refractivity contribution >= 4 is 11.8 Å². The van der Waals surface area contributed by atoms with Crippen LogP contribution in [-0.4, -0.2) is 35.0 Å². The fourth-order valence-electron chi connectivity index (χ4n) is 3.31. The molecule has 0 aliphatic rings. The Bertz CT molecular complexity index is 1280. The third-order valence-electron chi connectivity index (χ3n) is 4.87. The number of hydrogen-bond acceptors (Lipinski definition) is 7. The highest BCUT2D eigenvalue weighted by Gasteiger charge is 2.19. The van der Waals surface area contributed by atoms with Gasteiger partial charge in [0.15, 0.2) is 16.8 Å². The topological polar surface area (TPSA) is 87.5 Å². The average molecular weight is 430 g/mol. The summed E-state index contributed by atoms with van der Waals surface area (Å²) in [5.74, 6) is 2.89. The van der Waals surface area contributed by atoms with Gasteiger partial charge in [0.25, 0.3) is 0 Å². The number of rotatable bonds is 7. The quantitative estimate of drug-likeness (QED) is 0.359. The maximum atomic E-state index is 5.50. The summed E-state index contributed by atoms with van der Waals surface area (Å²) in [4.78, 5) is 0. The van der Waals surface area contributed by atoms with E-state index in [1.165, 1.54) is 5.56 Å². The Hall–Kier alpha value is -3.72. The van der Waals surface area contributed by atoms with Crippen LogP contribution >= 0.6 is 11.8 Å². The molecule has 5 rings (SSSR count). The van der Waals surface area contributed by atoms with Crippen LogP contribution in [0.3, 0.4) is 0 Å². The number of benzene rings is 2. The first-order valence-corrected chi connectivity index (χ1v) is 10.8. The van der Waals surface area contributed by atoms with E-state index in [1.54, 1.807) is 22.7 Å². The molecule has 0 unspecified atom stereocenters. The van der Waals surface area contributed by atoms with E-state index in [2.05, 4.69) is 42.4 Å². The van der Waals surface area contributed by atoms with Crippen molar-refractivity contribution in [2.45, 2.75) is 24.4 Å². The molecule has 31 heavy (non-hydrogen) atoms. The van der Waals surface area contributed by atoms with Gasteiger partial charge < -0.3 is 4.42 Å². The molecule has 9 heteroatoms. The van der Waals surface area contributed by atoms with Gasteiger partial charge >= 0.3 is 0 Å². The summed E-state index contributed by atoms with van der Waals surface area (Å²) in [5.41, 5.74) is 3.02. The molecular formula is C22H19N7OS. The highest BCUT2D eigenvalue weighted by molar-refractivity contribution is 7.98. The molecule has 0 aliphatic heterocycles. The third kappa shape index (κ3) is 3.99. The van der Waals surface area contributed by atoms with Crippen molar-refractivity contribution in [2.24, 2.45) is 0 Å². The first kappa shape index (κ1) is 19.3. The number of aryl methyl sites for hydroxylation is 1.